The molecule has 1 aliphatic heterocycles. The first-order valence-electron chi connectivity index (χ1n) is 10.5. The summed E-state index contributed by atoms with van der Waals surface area (Å²) in [4.78, 5) is 15.5. The molecule has 2 aromatic rings. The van der Waals surface area contributed by atoms with Crippen LogP contribution in [-0.2, 0) is 11.2 Å². The quantitative estimate of drug-likeness (QED) is 0.775. The van der Waals surface area contributed by atoms with Crippen LogP contribution in [0.25, 0.3) is 0 Å². The Bertz CT molecular complexity index is 873. The fourth-order valence-corrected chi connectivity index (χ4v) is 4.78. The highest BCUT2D eigenvalue weighted by Gasteiger charge is 2.32. The first-order valence-corrected chi connectivity index (χ1v) is 10.5. The Balaban J connectivity index is 0.00000256. The minimum atomic E-state index is 0. The number of benzene rings is 2. The molecule has 2 atom stereocenters. The third kappa shape index (κ3) is 4.57. The van der Waals surface area contributed by atoms with E-state index >= 15 is 0 Å². The Labute approximate surface area is 185 Å². The Morgan fingerprint density at radius 3 is 2.77 bits per heavy atom. The molecule has 1 aliphatic carbocycles. The van der Waals surface area contributed by atoms with Crippen molar-refractivity contribution < 1.29 is 14.3 Å². The highest BCUT2D eigenvalue weighted by Crippen LogP contribution is 2.37. The number of carbonyl (C=O) groups is 1. The number of carbonyl (C=O) groups excluding carboxylic acids is 1. The number of halogens is 1. The van der Waals surface area contributed by atoms with Crippen molar-refractivity contribution in [2.45, 2.75) is 37.6 Å². The van der Waals surface area contributed by atoms with E-state index in [0.717, 1.165) is 56.0 Å². The monoisotopic (exact) mass is 430 g/mol. The van der Waals surface area contributed by atoms with Crippen molar-refractivity contribution in [3.8, 4) is 11.5 Å². The van der Waals surface area contributed by atoms with Crippen molar-refractivity contribution >= 4 is 18.3 Å². The molecule has 0 radical (unpaired) electrons. The van der Waals surface area contributed by atoms with Gasteiger partial charge in [0, 0.05) is 31.6 Å². The highest BCUT2D eigenvalue weighted by atomic mass is 35.5. The van der Waals surface area contributed by atoms with Crippen LogP contribution < -0.4 is 14.8 Å². The second kappa shape index (κ2) is 10.2. The molecule has 0 bridgehead atoms. The molecule has 6 heteroatoms. The molecular formula is C24H31ClN2O3. The van der Waals surface area contributed by atoms with Crippen LogP contribution >= 0.6 is 12.4 Å². The molecule has 2 aliphatic rings. The minimum Gasteiger partial charge on any atom is -0.497 e. The molecule has 1 heterocycles. The van der Waals surface area contributed by atoms with Gasteiger partial charge in [-0.25, -0.2) is 0 Å². The van der Waals surface area contributed by atoms with Gasteiger partial charge < -0.3 is 19.7 Å². The molecule has 0 saturated carbocycles. The van der Waals surface area contributed by atoms with Gasteiger partial charge in [0.2, 0.25) is 5.91 Å². The third-order valence-corrected chi connectivity index (χ3v) is 6.27. The summed E-state index contributed by atoms with van der Waals surface area (Å²) >= 11 is 0. The van der Waals surface area contributed by atoms with Gasteiger partial charge in [-0.05, 0) is 54.5 Å². The number of para-hydroxylation sites is 1. The van der Waals surface area contributed by atoms with Crippen molar-refractivity contribution in [1.29, 1.82) is 0 Å². The maximum atomic E-state index is 13.4. The third-order valence-electron chi connectivity index (χ3n) is 6.27. The number of fused-ring (bicyclic) bond motifs is 1. The van der Waals surface area contributed by atoms with E-state index in [0.29, 0.717) is 6.42 Å². The van der Waals surface area contributed by atoms with Crippen LogP contribution in [0, 0.1) is 0 Å². The predicted octanol–water partition coefficient (Wildman–Crippen LogP) is 4.11. The summed E-state index contributed by atoms with van der Waals surface area (Å²) in [6.07, 6.45) is 3.81. The SMILES string of the molecule is COc1ccc2c(c1)CCCC2CC(=O)N1CCNCC1c1ccccc1OC.Cl. The summed E-state index contributed by atoms with van der Waals surface area (Å²) in [5.74, 6) is 2.25. The summed E-state index contributed by atoms with van der Waals surface area (Å²) < 4.78 is 10.9. The van der Waals surface area contributed by atoms with Crippen LogP contribution in [0.15, 0.2) is 42.5 Å². The van der Waals surface area contributed by atoms with Crippen molar-refractivity contribution in [3.05, 3.63) is 59.2 Å². The van der Waals surface area contributed by atoms with Gasteiger partial charge >= 0.3 is 0 Å². The standard InChI is InChI=1S/C24H30N2O3.ClH/c1-28-19-10-11-20-17(14-19)6-5-7-18(20)15-24(27)26-13-12-25-16-22(26)21-8-3-4-9-23(21)29-2;/h3-4,8-11,14,18,22,25H,5-7,12-13,15-16H2,1-2H3;1H. The molecule has 1 amide bonds. The van der Waals surface area contributed by atoms with E-state index in [-0.39, 0.29) is 30.3 Å². The second-order valence-corrected chi connectivity index (χ2v) is 7.91. The lowest BCUT2D eigenvalue weighted by molar-refractivity contribution is -0.135. The number of methoxy groups -OCH3 is 2. The molecule has 1 fully saturated rings. The van der Waals surface area contributed by atoms with E-state index in [9.17, 15) is 4.79 Å². The lowest BCUT2D eigenvalue weighted by atomic mass is 9.80. The van der Waals surface area contributed by atoms with Gasteiger partial charge in [-0.15, -0.1) is 12.4 Å². The number of hydrogen-bond acceptors (Lipinski definition) is 4. The van der Waals surface area contributed by atoms with Crippen LogP contribution in [0.1, 0.15) is 47.9 Å². The predicted molar refractivity (Wildman–Crippen MR) is 121 cm³/mol. The molecule has 0 aromatic heterocycles. The molecule has 2 unspecified atom stereocenters. The summed E-state index contributed by atoms with van der Waals surface area (Å²) in [6, 6.07) is 14.3. The number of ether oxygens (including phenoxy) is 2. The molecule has 4 rings (SSSR count). The molecule has 2 aromatic carbocycles. The first kappa shape index (κ1) is 22.4. The number of hydrogen-bond donors (Lipinski definition) is 1. The minimum absolute atomic E-state index is 0. The number of aryl methyl sites for hydroxylation is 1. The molecular weight excluding hydrogens is 400 g/mol. The largest absolute Gasteiger partial charge is 0.497 e. The van der Waals surface area contributed by atoms with Crippen molar-refractivity contribution in [2.24, 2.45) is 0 Å². The smallest absolute Gasteiger partial charge is 0.223 e. The van der Waals surface area contributed by atoms with Crippen LogP contribution in [-0.4, -0.2) is 44.7 Å². The van der Waals surface area contributed by atoms with Crippen LogP contribution in [0.3, 0.4) is 0 Å². The maximum Gasteiger partial charge on any atom is 0.223 e. The zero-order chi connectivity index (χ0) is 20.2. The molecule has 5 nitrogen and oxygen atoms in total. The fourth-order valence-electron chi connectivity index (χ4n) is 4.78. The molecule has 30 heavy (non-hydrogen) atoms. The molecule has 1 N–H and O–H groups in total. The van der Waals surface area contributed by atoms with E-state index in [2.05, 4.69) is 23.5 Å². The fraction of sp³-hybridized carbons (Fsp3) is 0.458. The number of nitrogens with zero attached hydrogens (tertiary/aromatic N) is 1. The summed E-state index contributed by atoms with van der Waals surface area (Å²) in [6.45, 7) is 2.31. The average molecular weight is 431 g/mol. The van der Waals surface area contributed by atoms with Gasteiger partial charge in [-0.1, -0.05) is 24.3 Å². The van der Waals surface area contributed by atoms with E-state index in [4.69, 9.17) is 9.47 Å². The van der Waals surface area contributed by atoms with Gasteiger partial charge in [0.25, 0.3) is 0 Å². The van der Waals surface area contributed by atoms with E-state index in [1.807, 2.05) is 29.2 Å². The molecule has 0 spiro atoms. The lowest BCUT2D eigenvalue weighted by Crippen LogP contribution is -2.49. The maximum absolute atomic E-state index is 13.4. The van der Waals surface area contributed by atoms with Crippen LogP contribution in [0.5, 0.6) is 11.5 Å². The Morgan fingerprint density at radius 2 is 1.97 bits per heavy atom. The Kier molecular flexibility index (Phi) is 7.62. The normalized spacial score (nSPS) is 20.7. The first-order chi connectivity index (χ1) is 14.2. The summed E-state index contributed by atoms with van der Waals surface area (Å²) in [5, 5.41) is 3.44. The zero-order valence-electron chi connectivity index (χ0n) is 17.7. The summed E-state index contributed by atoms with van der Waals surface area (Å²) in [7, 11) is 3.39. The number of amides is 1. The number of rotatable bonds is 5. The topological polar surface area (TPSA) is 50.8 Å². The van der Waals surface area contributed by atoms with E-state index in [1.54, 1.807) is 14.2 Å². The summed E-state index contributed by atoms with van der Waals surface area (Å²) in [5.41, 5.74) is 3.72. The Morgan fingerprint density at radius 1 is 1.13 bits per heavy atom. The van der Waals surface area contributed by atoms with Gasteiger partial charge in [-0.3, -0.25) is 4.79 Å². The van der Waals surface area contributed by atoms with Crippen molar-refractivity contribution in [2.75, 3.05) is 33.9 Å². The number of piperazine rings is 1. The van der Waals surface area contributed by atoms with E-state index < -0.39 is 0 Å². The van der Waals surface area contributed by atoms with Crippen LogP contribution in [0.2, 0.25) is 0 Å². The van der Waals surface area contributed by atoms with Gasteiger partial charge in [0.15, 0.2) is 0 Å². The van der Waals surface area contributed by atoms with Gasteiger partial charge in [0.05, 0.1) is 20.3 Å². The molecule has 1 saturated heterocycles. The van der Waals surface area contributed by atoms with Crippen molar-refractivity contribution in [1.82, 2.24) is 10.2 Å². The second-order valence-electron chi connectivity index (χ2n) is 7.91. The zero-order valence-corrected chi connectivity index (χ0v) is 18.5. The lowest BCUT2D eigenvalue weighted by Gasteiger charge is -2.38. The van der Waals surface area contributed by atoms with Gasteiger partial charge in [-0.2, -0.15) is 0 Å². The van der Waals surface area contributed by atoms with E-state index in [1.165, 1.54) is 11.1 Å². The highest BCUT2D eigenvalue weighted by molar-refractivity contribution is 5.85. The average Bonchev–Trinajstić information content (AvgIpc) is 2.78. The number of nitrogens with one attached hydrogen (secondary N) is 1. The van der Waals surface area contributed by atoms with Crippen LogP contribution in [0.4, 0.5) is 0 Å². The van der Waals surface area contributed by atoms with Gasteiger partial charge in [0.1, 0.15) is 11.5 Å². The molecule has 162 valence electrons. The van der Waals surface area contributed by atoms with Crippen molar-refractivity contribution in [3.63, 3.8) is 0 Å². The Hall–Kier alpha value is -2.24.